The van der Waals surface area contributed by atoms with Gasteiger partial charge in [-0.1, -0.05) is 35.5 Å². The lowest BCUT2D eigenvalue weighted by Crippen LogP contribution is -2.12. The largest absolute Gasteiger partial charge is 0.229 e. The maximum atomic E-state index is 11.7. The predicted octanol–water partition coefficient (Wildman–Crippen LogP) is 3.96. The first kappa shape index (κ1) is 17.3. The molecule has 0 unspecified atom stereocenters. The van der Waals surface area contributed by atoms with Gasteiger partial charge in [-0.3, -0.25) is 0 Å². The first-order chi connectivity index (χ1) is 12.0. The Balaban J connectivity index is 1.71. The molecule has 0 radical (unpaired) electrons. The number of sulfone groups is 1. The van der Waals surface area contributed by atoms with E-state index in [1.54, 1.807) is 0 Å². The molecule has 132 valence electrons. The zero-order chi connectivity index (χ0) is 17.4. The Morgan fingerprint density at radius 2 is 1.84 bits per heavy atom. The number of thioether (sulfide) groups is 1. The van der Waals surface area contributed by atoms with Crippen LogP contribution in [0, 0.1) is 0 Å². The third-order valence-corrected chi connectivity index (χ3v) is 8.10. The summed E-state index contributed by atoms with van der Waals surface area (Å²) in [5.74, 6) is 0.508. The van der Waals surface area contributed by atoms with Gasteiger partial charge in [0.1, 0.15) is 0 Å². The van der Waals surface area contributed by atoms with Gasteiger partial charge >= 0.3 is 0 Å². The van der Waals surface area contributed by atoms with Gasteiger partial charge in [0.05, 0.1) is 17.2 Å². The topological polar surface area (TPSA) is 59.9 Å². The van der Waals surface area contributed by atoms with E-state index in [4.69, 9.17) is 21.6 Å². The van der Waals surface area contributed by atoms with Gasteiger partial charge in [-0.15, -0.1) is 0 Å². The molecule has 25 heavy (non-hydrogen) atoms. The Labute approximate surface area is 157 Å². The predicted molar refractivity (Wildman–Crippen MR) is 102 cm³/mol. The maximum absolute atomic E-state index is 11.7. The Morgan fingerprint density at radius 1 is 1.08 bits per heavy atom. The summed E-state index contributed by atoms with van der Waals surface area (Å²) in [5.41, 5.74) is 4.38. The van der Waals surface area contributed by atoms with Crippen LogP contribution >= 0.6 is 23.4 Å². The Bertz CT molecular complexity index is 898. The van der Waals surface area contributed by atoms with E-state index < -0.39 is 9.84 Å². The van der Waals surface area contributed by atoms with Crippen LogP contribution in [0.25, 0.3) is 11.3 Å². The molecule has 1 atom stereocenters. The molecule has 4 rings (SSSR count). The summed E-state index contributed by atoms with van der Waals surface area (Å²) in [5, 5.41) is 1.47. The first-order valence-electron chi connectivity index (χ1n) is 8.53. The van der Waals surface area contributed by atoms with Gasteiger partial charge in [0.25, 0.3) is 0 Å². The molecule has 1 aliphatic heterocycles. The van der Waals surface area contributed by atoms with Gasteiger partial charge in [0, 0.05) is 27.1 Å². The fraction of sp³-hybridized carbons (Fsp3) is 0.444. The van der Waals surface area contributed by atoms with E-state index in [1.807, 2.05) is 24.3 Å². The number of nitrogens with zero attached hydrogens (tertiary/aromatic N) is 2. The van der Waals surface area contributed by atoms with E-state index >= 15 is 0 Å². The Morgan fingerprint density at radius 3 is 2.56 bits per heavy atom. The van der Waals surface area contributed by atoms with Crippen LogP contribution < -0.4 is 0 Å². The monoisotopic (exact) mass is 394 g/mol. The molecule has 0 amide bonds. The smallest absolute Gasteiger partial charge is 0.188 e. The van der Waals surface area contributed by atoms with E-state index in [1.165, 1.54) is 17.3 Å². The van der Waals surface area contributed by atoms with Gasteiger partial charge in [-0.2, -0.15) is 0 Å². The fourth-order valence-electron chi connectivity index (χ4n) is 3.47. The van der Waals surface area contributed by atoms with E-state index in [-0.39, 0.29) is 16.8 Å². The van der Waals surface area contributed by atoms with Crippen LogP contribution in [-0.4, -0.2) is 35.1 Å². The van der Waals surface area contributed by atoms with E-state index in [0.717, 1.165) is 42.6 Å². The van der Waals surface area contributed by atoms with Crippen molar-refractivity contribution in [3.05, 3.63) is 40.5 Å². The van der Waals surface area contributed by atoms with Gasteiger partial charge in [-0.25, -0.2) is 18.4 Å². The molecular formula is C18H19ClN2O2S2. The number of halogens is 1. The molecule has 0 bridgehead atoms. The maximum Gasteiger partial charge on any atom is 0.188 e. The lowest BCUT2D eigenvalue weighted by atomic mass is 9.92. The summed E-state index contributed by atoms with van der Waals surface area (Å²) < 4.78 is 23.4. The molecule has 0 saturated carbocycles. The highest BCUT2D eigenvalue weighted by Gasteiger charge is 2.30. The SMILES string of the molecule is O=S1(=O)CC[C@H](Sc2nc3c(c(-c4ccc(Cl)cc4)n2)CCCC3)C1. The Hall–Kier alpha value is -1.11. The first-order valence-corrected chi connectivity index (χ1v) is 11.6. The molecule has 1 aromatic carbocycles. The Kier molecular flexibility index (Phi) is 4.77. The van der Waals surface area contributed by atoms with Crippen LogP contribution in [0.3, 0.4) is 0 Å². The van der Waals surface area contributed by atoms with Crippen LogP contribution in [0.15, 0.2) is 29.4 Å². The van der Waals surface area contributed by atoms with Crippen molar-refractivity contribution in [2.24, 2.45) is 0 Å². The minimum absolute atomic E-state index is 0.0599. The molecule has 1 saturated heterocycles. The number of benzene rings is 1. The number of hydrogen-bond acceptors (Lipinski definition) is 5. The summed E-state index contributed by atoms with van der Waals surface area (Å²) in [6.45, 7) is 0. The van der Waals surface area contributed by atoms with E-state index in [9.17, 15) is 8.42 Å². The molecule has 0 spiro atoms. The van der Waals surface area contributed by atoms with Gasteiger partial charge in [0.2, 0.25) is 0 Å². The van der Waals surface area contributed by atoms with Crippen molar-refractivity contribution in [2.75, 3.05) is 11.5 Å². The van der Waals surface area contributed by atoms with Gasteiger partial charge in [0.15, 0.2) is 15.0 Å². The van der Waals surface area contributed by atoms with Crippen molar-refractivity contribution >= 4 is 33.2 Å². The standard InChI is InChI=1S/C18H19ClN2O2S2/c19-13-7-5-12(6-8-13)17-15-3-1-2-4-16(15)20-18(21-17)24-14-9-10-25(22,23)11-14/h5-8,14H,1-4,9-11H2/t14-/m0/s1. The minimum atomic E-state index is -2.89. The van der Waals surface area contributed by atoms with Crippen molar-refractivity contribution in [1.82, 2.24) is 9.97 Å². The van der Waals surface area contributed by atoms with Crippen molar-refractivity contribution in [3.8, 4) is 11.3 Å². The van der Waals surface area contributed by atoms with Crippen LogP contribution in [-0.2, 0) is 22.7 Å². The molecule has 1 aromatic heterocycles. The third kappa shape index (κ3) is 3.86. The highest BCUT2D eigenvalue weighted by molar-refractivity contribution is 8.01. The van der Waals surface area contributed by atoms with Crippen molar-refractivity contribution in [3.63, 3.8) is 0 Å². The summed E-state index contributed by atoms with van der Waals surface area (Å²) >= 11 is 7.53. The average molecular weight is 395 g/mol. The summed E-state index contributed by atoms with van der Waals surface area (Å²) in [4.78, 5) is 9.57. The minimum Gasteiger partial charge on any atom is -0.229 e. The molecule has 1 fully saturated rings. The van der Waals surface area contributed by atoms with Gasteiger partial charge in [-0.05, 0) is 44.2 Å². The zero-order valence-electron chi connectivity index (χ0n) is 13.7. The van der Waals surface area contributed by atoms with Gasteiger partial charge < -0.3 is 0 Å². The van der Waals surface area contributed by atoms with Crippen LogP contribution in [0.1, 0.15) is 30.5 Å². The average Bonchev–Trinajstić information content (AvgIpc) is 2.93. The number of fused-ring (bicyclic) bond motifs is 1. The molecule has 2 aliphatic rings. The summed E-state index contributed by atoms with van der Waals surface area (Å²) in [7, 11) is -2.89. The second kappa shape index (κ2) is 6.89. The second-order valence-electron chi connectivity index (χ2n) is 6.64. The molecule has 7 heteroatoms. The summed E-state index contributed by atoms with van der Waals surface area (Å²) in [6.07, 6.45) is 4.95. The lowest BCUT2D eigenvalue weighted by Gasteiger charge is -2.20. The highest BCUT2D eigenvalue weighted by Crippen LogP contribution is 2.34. The normalized spacial score (nSPS) is 21.9. The molecule has 2 aromatic rings. The molecule has 4 nitrogen and oxygen atoms in total. The van der Waals surface area contributed by atoms with Crippen LogP contribution in [0.5, 0.6) is 0 Å². The van der Waals surface area contributed by atoms with Crippen molar-refractivity contribution < 1.29 is 8.42 Å². The molecule has 2 heterocycles. The highest BCUT2D eigenvalue weighted by atomic mass is 35.5. The molecule has 0 N–H and O–H groups in total. The fourth-order valence-corrected chi connectivity index (χ4v) is 7.03. The quantitative estimate of drug-likeness (QED) is 0.737. The van der Waals surface area contributed by atoms with Crippen LogP contribution in [0.2, 0.25) is 5.02 Å². The molecular weight excluding hydrogens is 376 g/mol. The number of aromatic nitrogens is 2. The number of rotatable bonds is 3. The lowest BCUT2D eigenvalue weighted by molar-refractivity contribution is 0.602. The second-order valence-corrected chi connectivity index (χ2v) is 10.6. The number of hydrogen-bond donors (Lipinski definition) is 0. The third-order valence-electron chi connectivity index (χ3n) is 4.74. The summed E-state index contributed by atoms with van der Waals surface area (Å²) in [6, 6.07) is 7.75. The number of aryl methyl sites for hydroxylation is 1. The molecule has 1 aliphatic carbocycles. The van der Waals surface area contributed by atoms with E-state index in [2.05, 4.69) is 0 Å². The van der Waals surface area contributed by atoms with Crippen molar-refractivity contribution in [1.29, 1.82) is 0 Å². The van der Waals surface area contributed by atoms with Crippen molar-refractivity contribution in [2.45, 2.75) is 42.5 Å². The van der Waals surface area contributed by atoms with Crippen LogP contribution in [0.4, 0.5) is 0 Å². The zero-order valence-corrected chi connectivity index (χ0v) is 16.1. The van der Waals surface area contributed by atoms with E-state index in [0.29, 0.717) is 16.6 Å².